The molecule has 0 aliphatic carbocycles. The van der Waals surface area contributed by atoms with Gasteiger partial charge in [-0.25, -0.2) is 4.79 Å². The Hall–Kier alpha value is 0.230. The standard InChI is InChI=1S/C8H16Br2N2O/c1-4-7(2)11(3)8(13)12(10)6-5-9/h7H,4-6H2,1-3H3. The van der Waals surface area contributed by atoms with Crippen LogP contribution in [-0.2, 0) is 0 Å². The van der Waals surface area contributed by atoms with Crippen molar-refractivity contribution in [2.75, 3.05) is 18.9 Å². The van der Waals surface area contributed by atoms with Crippen LogP contribution in [0.4, 0.5) is 4.79 Å². The zero-order chi connectivity index (χ0) is 10.4. The van der Waals surface area contributed by atoms with E-state index in [2.05, 4.69) is 39.0 Å². The normalized spacial score (nSPS) is 12.4. The molecule has 0 aromatic carbocycles. The van der Waals surface area contributed by atoms with Gasteiger partial charge in [-0.1, -0.05) is 22.9 Å². The SMILES string of the molecule is CCC(C)N(C)C(=O)N(Br)CCBr. The molecule has 0 aliphatic rings. The van der Waals surface area contributed by atoms with E-state index in [1.54, 1.807) is 4.90 Å². The summed E-state index contributed by atoms with van der Waals surface area (Å²) in [7, 11) is 1.82. The largest absolute Gasteiger partial charge is 0.330 e. The van der Waals surface area contributed by atoms with Gasteiger partial charge in [0.1, 0.15) is 0 Å². The van der Waals surface area contributed by atoms with Gasteiger partial charge in [0.15, 0.2) is 0 Å². The highest BCUT2D eigenvalue weighted by molar-refractivity contribution is 9.09. The fraction of sp³-hybridized carbons (Fsp3) is 0.875. The van der Waals surface area contributed by atoms with Crippen LogP contribution in [0.3, 0.4) is 0 Å². The van der Waals surface area contributed by atoms with Gasteiger partial charge in [-0.2, -0.15) is 0 Å². The summed E-state index contributed by atoms with van der Waals surface area (Å²) in [5, 5.41) is 0.776. The van der Waals surface area contributed by atoms with E-state index in [1.165, 1.54) is 3.93 Å². The van der Waals surface area contributed by atoms with Gasteiger partial charge in [0, 0.05) is 25.0 Å². The fourth-order valence-corrected chi connectivity index (χ4v) is 2.06. The van der Waals surface area contributed by atoms with E-state index in [-0.39, 0.29) is 12.1 Å². The van der Waals surface area contributed by atoms with Crippen molar-refractivity contribution >= 4 is 38.1 Å². The molecule has 0 aliphatic heterocycles. The average molecular weight is 316 g/mol. The van der Waals surface area contributed by atoms with Crippen molar-refractivity contribution < 1.29 is 4.79 Å². The number of urea groups is 1. The smallest absolute Gasteiger partial charge is 0.324 e. The Labute approximate surface area is 96.9 Å². The Bertz CT molecular complexity index is 166. The van der Waals surface area contributed by atoms with E-state index >= 15 is 0 Å². The number of alkyl halides is 1. The molecular formula is C8H16Br2N2O. The topological polar surface area (TPSA) is 23.6 Å². The molecule has 1 unspecified atom stereocenters. The number of carbonyl (C=O) groups excluding carboxylic acids is 1. The summed E-state index contributed by atoms with van der Waals surface area (Å²) in [6, 6.07) is 0.289. The van der Waals surface area contributed by atoms with E-state index in [1.807, 2.05) is 14.0 Å². The number of nitrogens with zero attached hydrogens (tertiary/aromatic N) is 2. The van der Waals surface area contributed by atoms with Gasteiger partial charge in [0.25, 0.3) is 0 Å². The molecular weight excluding hydrogens is 300 g/mol. The fourth-order valence-electron chi connectivity index (χ4n) is 0.803. The van der Waals surface area contributed by atoms with Crippen LogP contribution in [0.1, 0.15) is 20.3 Å². The average Bonchev–Trinajstić information content (AvgIpc) is 2.14. The lowest BCUT2D eigenvalue weighted by Gasteiger charge is -2.27. The van der Waals surface area contributed by atoms with Crippen LogP contribution in [0.25, 0.3) is 0 Å². The molecule has 13 heavy (non-hydrogen) atoms. The number of carbonyl (C=O) groups is 1. The van der Waals surface area contributed by atoms with Gasteiger partial charge in [-0.3, -0.25) is 3.93 Å². The minimum absolute atomic E-state index is 0.00815. The third kappa shape index (κ3) is 4.31. The van der Waals surface area contributed by atoms with E-state index < -0.39 is 0 Å². The molecule has 0 N–H and O–H groups in total. The molecule has 0 aromatic rings. The van der Waals surface area contributed by atoms with Gasteiger partial charge in [0.2, 0.25) is 0 Å². The highest BCUT2D eigenvalue weighted by Gasteiger charge is 2.18. The first-order valence-electron chi connectivity index (χ1n) is 4.30. The second-order valence-electron chi connectivity index (χ2n) is 2.93. The molecule has 0 fully saturated rings. The molecule has 0 saturated carbocycles. The predicted molar refractivity (Wildman–Crippen MR) is 62.3 cm³/mol. The lowest BCUT2D eigenvalue weighted by Crippen LogP contribution is -2.41. The summed E-state index contributed by atoms with van der Waals surface area (Å²) < 4.78 is 1.54. The van der Waals surface area contributed by atoms with Gasteiger partial charge < -0.3 is 4.90 Å². The Morgan fingerprint density at radius 3 is 2.46 bits per heavy atom. The number of amides is 2. The predicted octanol–water partition coefficient (Wildman–Crippen LogP) is 2.84. The monoisotopic (exact) mass is 314 g/mol. The van der Waals surface area contributed by atoms with Crippen LogP contribution in [0.2, 0.25) is 0 Å². The van der Waals surface area contributed by atoms with E-state index in [0.717, 1.165) is 11.8 Å². The number of hydrogen-bond acceptors (Lipinski definition) is 1. The molecule has 0 spiro atoms. The molecule has 0 rings (SSSR count). The van der Waals surface area contributed by atoms with Crippen LogP contribution in [0, 0.1) is 0 Å². The minimum atomic E-state index is 0.00815. The van der Waals surface area contributed by atoms with Gasteiger partial charge in [0.05, 0.1) is 16.1 Å². The highest BCUT2D eigenvalue weighted by atomic mass is 79.9. The Kier molecular flexibility index (Phi) is 6.77. The number of halogens is 2. The maximum atomic E-state index is 11.6. The summed E-state index contributed by atoms with van der Waals surface area (Å²) >= 11 is 6.49. The second kappa shape index (κ2) is 6.65. The summed E-state index contributed by atoms with van der Waals surface area (Å²) in [5.74, 6) is 0. The molecule has 5 heteroatoms. The summed E-state index contributed by atoms with van der Waals surface area (Å²) in [4.78, 5) is 13.4. The first kappa shape index (κ1) is 13.2. The number of hydrogen-bond donors (Lipinski definition) is 0. The van der Waals surface area contributed by atoms with Gasteiger partial charge in [-0.15, -0.1) is 0 Å². The van der Waals surface area contributed by atoms with Crippen molar-refractivity contribution in [3.63, 3.8) is 0 Å². The van der Waals surface area contributed by atoms with Crippen LogP contribution < -0.4 is 0 Å². The first-order chi connectivity index (χ1) is 6.04. The summed E-state index contributed by atoms with van der Waals surface area (Å²) in [6.45, 7) is 4.77. The van der Waals surface area contributed by atoms with Crippen molar-refractivity contribution in [2.24, 2.45) is 0 Å². The Morgan fingerprint density at radius 2 is 2.08 bits per heavy atom. The summed E-state index contributed by atoms with van der Waals surface area (Å²) in [5.41, 5.74) is 0. The van der Waals surface area contributed by atoms with Crippen LogP contribution in [0.15, 0.2) is 0 Å². The van der Waals surface area contributed by atoms with Gasteiger partial charge >= 0.3 is 6.03 Å². The molecule has 2 amide bonds. The number of rotatable bonds is 4. The lowest BCUT2D eigenvalue weighted by atomic mass is 10.2. The maximum absolute atomic E-state index is 11.6. The van der Waals surface area contributed by atoms with E-state index in [0.29, 0.717) is 6.54 Å². The quantitative estimate of drug-likeness (QED) is 0.578. The highest BCUT2D eigenvalue weighted by Crippen LogP contribution is 2.08. The molecule has 0 heterocycles. The Balaban J connectivity index is 4.08. The minimum Gasteiger partial charge on any atom is -0.324 e. The molecule has 0 saturated heterocycles. The van der Waals surface area contributed by atoms with Crippen LogP contribution >= 0.6 is 32.1 Å². The second-order valence-corrected chi connectivity index (χ2v) is 4.57. The first-order valence-corrected chi connectivity index (χ1v) is 6.13. The molecule has 0 radical (unpaired) electrons. The van der Waals surface area contributed by atoms with E-state index in [4.69, 9.17) is 0 Å². The third-order valence-corrected chi connectivity index (χ3v) is 3.05. The van der Waals surface area contributed by atoms with Gasteiger partial charge in [-0.05, 0) is 13.3 Å². The van der Waals surface area contributed by atoms with Crippen molar-refractivity contribution in [1.29, 1.82) is 0 Å². The van der Waals surface area contributed by atoms with Crippen molar-refractivity contribution in [3.8, 4) is 0 Å². The molecule has 0 aromatic heterocycles. The third-order valence-electron chi connectivity index (χ3n) is 2.04. The lowest BCUT2D eigenvalue weighted by molar-refractivity contribution is 0.178. The Morgan fingerprint density at radius 1 is 1.54 bits per heavy atom. The zero-order valence-corrected chi connectivity index (χ0v) is 11.4. The molecule has 0 bridgehead atoms. The molecule has 1 atom stereocenters. The molecule has 3 nitrogen and oxygen atoms in total. The maximum Gasteiger partial charge on any atom is 0.330 e. The van der Waals surface area contributed by atoms with Crippen LogP contribution in [-0.4, -0.2) is 39.8 Å². The van der Waals surface area contributed by atoms with Crippen molar-refractivity contribution in [3.05, 3.63) is 0 Å². The van der Waals surface area contributed by atoms with Crippen molar-refractivity contribution in [2.45, 2.75) is 26.3 Å². The van der Waals surface area contributed by atoms with Crippen LogP contribution in [0.5, 0.6) is 0 Å². The summed E-state index contributed by atoms with van der Waals surface area (Å²) in [6.07, 6.45) is 0.970. The van der Waals surface area contributed by atoms with E-state index in [9.17, 15) is 4.79 Å². The molecule has 78 valence electrons. The zero-order valence-electron chi connectivity index (χ0n) is 8.26. The van der Waals surface area contributed by atoms with Crippen molar-refractivity contribution in [1.82, 2.24) is 8.83 Å².